The first-order chi connectivity index (χ1) is 11.4. The standard InChI is InChI=1S/C20H33NO3S/c1-9-17(19(22)13(4)5)18(12(2)3)21-25(23,24)20-15(7)10-14(6)11-16(20)8/h9-13,17-19,21-22H,1H2,2-8H3/t17-,18+,19-/m1/s1. The SMILES string of the molecule is C=C[C@@H]([C@H](O)C(C)C)[C@@H](NS(=O)(=O)c1c(C)cc(C)cc1C)C(C)C. The first-order valence-electron chi connectivity index (χ1n) is 8.83. The molecular formula is C20H33NO3S. The van der Waals surface area contributed by atoms with Crippen molar-refractivity contribution in [1.82, 2.24) is 4.72 Å². The van der Waals surface area contributed by atoms with Gasteiger partial charge in [-0.1, -0.05) is 51.5 Å². The molecule has 0 amide bonds. The summed E-state index contributed by atoms with van der Waals surface area (Å²) in [4.78, 5) is 0.325. The van der Waals surface area contributed by atoms with Gasteiger partial charge in [-0.25, -0.2) is 13.1 Å². The van der Waals surface area contributed by atoms with E-state index in [2.05, 4.69) is 11.3 Å². The lowest BCUT2D eigenvalue weighted by atomic mass is 9.83. The van der Waals surface area contributed by atoms with Crippen molar-refractivity contribution >= 4 is 10.0 Å². The topological polar surface area (TPSA) is 66.4 Å². The van der Waals surface area contributed by atoms with Crippen molar-refractivity contribution in [2.24, 2.45) is 17.8 Å². The third-order valence-electron chi connectivity index (χ3n) is 4.65. The van der Waals surface area contributed by atoms with Crippen LogP contribution in [0.1, 0.15) is 44.4 Å². The molecule has 0 aliphatic heterocycles. The molecule has 25 heavy (non-hydrogen) atoms. The van der Waals surface area contributed by atoms with Crippen molar-refractivity contribution in [1.29, 1.82) is 0 Å². The summed E-state index contributed by atoms with van der Waals surface area (Å²) in [5.74, 6) is -0.338. The van der Waals surface area contributed by atoms with E-state index in [-0.39, 0.29) is 17.8 Å². The third-order valence-corrected chi connectivity index (χ3v) is 6.41. The number of nitrogens with one attached hydrogen (secondary N) is 1. The van der Waals surface area contributed by atoms with Gasteiger partial charge in [0.25, 0.3) is 0 Å². The van der Waals surface area contributed by atoms with E-state index in [9.17, 15) is 13.5 Å². The van der Waals surface area contributed by atoms with Gasteiger partial charge in [0.15, 0.2) is 0 Å². The second kappa shape index (κ2) is 8.47. The van der Waals surface area contributed by atoms with Gasteiger partial charge in [0.2, 0.25) is 10.0 Å². The summed E-state index contributed by atoms with van der Waals surface area (Å²) < 4.78 is 29.0. The van der Waals surface area contributed by atoms with Gasteiger partial charge in [-0.15, -0.1) is 6.58 Å². The van der Waals surface area contributed by atoms with Crippen molar-refractivity contribution in [3.63, 3.8) is 0 Å². The lowest BCUT2D eigenvalue weighted by Gasteiger charge is -2.34. The van der Waals surface area contributed by atoms with Crippen LogP contribution in [0.15, 0.2) is 29.7 Å². The van der Waals surface area contributed by atoms with Crippen LogP contribution in [0.3, 0.4) is 0 Å². The normalized spacial score (nSPS) is 16.1. The van der Waals surface area contributed by atoms with Gasteiger partial charge in [-0.05, 0) is 43.7 Å². The van der Waals surface area contributed by atoms with Gasteiger partial charge in [-0.3, -0.25) is 0 Å². The first kappa shape index (κ1) is 21.9. The van der Waals surface area contributed by atoms with E-state index in [1.807, 2.05) is 60.6 Å². The minimum Gasteiger partial charge on any atom is -0.392 e. The van der Waals surface area contributed by atoms with Gasteiger partial charge in [0.1, 0.15) is 0 Å². The Morgan fingerprint density at radius 2 is 1.52 bits per heavy atom. The molecule has 0 unspecified atom stereocenters. The third kappa shape index (κ3) is 5.16. The summed E-state index contributed by atoms with van der Waals surface area (Å²) in [6.07, 6.45) is 1.000. The summed E-state index contributed by atoms with van der Waals surface area (Å²) in [6.45, 7) is 17.1. The quantitative estimate of drug-likeness (QED) is 0.688. The molecule has 1 aromatic carbocycles. The Balaban J connectivity index is 3.32. The number of aliphatic hydroxyl groups excluding tert-OH is 1. The van der Waals surface area contributed by atoms with Crippen molar-refractivity contribution in [2.45, 2.75) is 65.5 Å². The number of hydrogen-bond donors (Lipinski definition) is 2. The predicted octanol–water partition coefficient (Wildman–Crippen LogP) is 3.73. The summed E-state index contributed by atoms with van der Waals surface area (Å²) in [5, 5.41) is 10.5. The van der Waals surface area contributed by atoms with E-state index in [0.717, 1.165) is 16.7 Å². The Labute approximate surface area is 153 Å². The van der Waals surface area contributed by atoms with E-state index in [0.29, 0.717) is 4.90 Å². The fraction of sp³-hybridized carbons (Fsp3) is 0.600. The highest BCUT2D eigenvalue weighted by molar-refractivity contribution is 7.89. The Kier molecular flexibility index (Phi) is 7.41. The zero-order valence-electron chi connectivity index (χ0n) is 16.5. The summed E-state index contributed by atoms with van der Waals surface area (Å²) in [5.41, 5.74) is 2.49. The van der Waals surface area contributed by atoms with Crippen LogP contribution in [0, 0.1) is 38.5 Å². The molecule has 0 bridgehead atoms. The van der Waals surface area contributed by atoms with Crippen molar-refractivity contribution in [3.05, 3.63) is 41.5 Å². The molecule has 0 saturated carbocycles. The van der Waals surface area contributed by atoms with Crippen molar-refractivity contribution in [2.75, 3.05) is 0 Å². The smallest absolute Gasteiger partial charge is 0.241 e. The first-order valence-corrected chi connectivity index (χ1v) is 10.3. The zero-order valence-corrected chi connectivity index (χ0v) is 17.3. The van der Waals surface area contributed by atoms with Gasteiger partial charge < -0.3 is 5.11 Å². The molecule has 3 atom stereocenters. The molecule has 0 spiro atoms. The molecule has 1 aromatic rings. The molecule has 0 fully saturated rings. The summed E-state index contributed by atoms with van der Waals surface area (Å²) in [7, 11) is -3.71. The number of sulfonamides is 1. The molecule has 0 aliphatic rings. The second-order valence-corrected chi connectivity index (χ2v) is 9.32. The maximum absolute atomic E-state index is 13.1. The number of rotatable bonds is 8. The largest absolute Gasteiger partial charge is 0.392 e. The van der Waals surface area contributed by atoms with Gasteiger partial charge >= 0.3 is 0 Å². The molecule has 0 heterocycles. The lowest BCUT2D eigenvalue weighted by molar-refractivity contribution is 0.0629. The average molecular weight is 368 g/mol. The lowest BCUT2D eigenvalue weighted by Crippen LogP contribution is -2.48. The van der Waals surface area contributed by atoms with Crippen molar-refractivity contribution < 1.29 is 13.5 Å². The van der Waals surface area contributed by atoms with Crippen molar-refractivity contribution in [3.8, 4) is 0 Å². The van der Waals surface area contributed by atoms with E-state index in [1.165, 1.54) is 0 Å². The number of aliphatic hydroxyl groups is 1. The molecule has 0 aromatic heterocycles. The highest BCUT2D eigenvalue weighted by atomic mass is 32.2. The molecule has 2 N–H and O–H groups in total. The van der Waals surface area contributed by atoms with E-state index in [4.69, 9.17) is 0 Å². The van der Waals surface area contributed by atoms with Crippen LogP contribution in [0.2, 0.25) is 0 Å². The Bertz CT molecular complexity index is 685. The minimum atomic E-state index is -3.71. The molecule has 4 nitrogen and oxygen atoms in total. The fourth-order valence-corrected chi connectivity index (χ4v) is 5.30. The van der Waals surface area contributed by atoms with Gasteiger partial charge in [-0.2, -0.15) is 0 Å². The van der Waals surface area contributed by atoms with Crippen LogP contribution in [-0.2, 0) is 10.0 Å². The molecule has 5 heteroatoms. The Morgan fingerprint density at radius 3 is 1.88 bits per heavy atom. The van der Waals surface area contributed by atoms with Crippen LogP contribution in [0.25, 0.3) is 0 Å². The van der Waals surface area contributed by atoms with Crippen LogP contribution < -0.4 is 4.72 Å². The zero-order chi connectivity index (χ0) is 19.5. The summed E-state index contributed by atoms with van der Waals surface area (Å²) >= 11 is 0. The van der Waals surface area contributed by atoms with E-state index < -0.39 is 22.2 Å². The fourth-order valence-electron chi connectivity index (χ4n) is 3.43. The minimum absolute atomic E-state index is 0.0107. The van der Waals surface area contributed by atoms with Gasteiger partial charge in [0.05, 0.1) is 11.0 Å². The molecule has 1 rings (SSSR count). The molecule has 142 valence electrons. The number of benzene rings is 1. The predicted molar refractivity (Wildman–Crippen MR) is 104 cm³/mol. The highest BCUT2D eigenvalue weighted by Crippen LogP contribution is 2.27. The van der Waals surface area contributed by atoms with E-state index >= 15 is 0 Å². The number of hydrogen-bond acceptors (Lipinski definition) is 3. The van der Waals surface area contributed by atoms with Crippen LogP contribution in [0.5, 0.6) is 0 Å². The molecule has 0 aliphatic carbocycles. The molecular weight excluding hydrogens is 334 g/mol. The van der Waals surface area contributed by atoms with E-state index in [1.54, 1.807) is 6.08 Å². The molecule has 0 radical (unpaired) electrons. The average Bonchev–Trinajstić information content (AvgIpc) is 2.44. The maximum Gasteiger partial charge on any atom is 0.241 e. The second-order valence-electron chi connectivity index (χ2n) is 7.67. The monoisotopic (exact) mass is 367 g/mol. The highest BCUT2D eigenvalue weighted by Gasteiger charge is 2.34. The molecule has 0 saturated heterocycles. The van der Waals surface area contributed by atoms with Gasteiger partial charge in [0, 0.05) is 12.0 Å². The number of aryl methyl sites for hydroxylation is 3. The Hall–Kier alpha value is -1.17. The van der Waals surface area contributed by atoms with Crippen LogP contribution in [0.4, 0.5) is 0 Å². The summed E-state index contributed by atoms with van der Waals surface area (Å²) in [6, 6.07) is 3.32. The maximum atomic E-state index is 13.1. The van der Waals surface area contributed by atoms with Crippen LogP contribution in [-0.4, -0.2) is 25.7 Å². The van der Waals surface area contributed by atoms with Crippen LogP contribution >= 0.6 is 0 Å². The Morgan fingerprint density at radius 1 is 1.04 bits per heavy atom.